The average molecular weight is 523 g/mol. The first-order valence-electron chi connectivity index (χ1n) is 15.9. The number of Topliss-reactive ketones (excluding diaryl/α,β-unsaturated/α-hetero) is 1. The van der Waals surface area contributed by atoms with Crippen LogP contribution in [0.2, 0.25) is 0 Å². The van der Waals surface area contributed by atoms with Gasteiger partial charge in [-0.3, -0.25) is 4.79 Å². The second kappa shape index (κ2) is 12.8. The Hall–Kier alpha value is -1.45. The van der Waals surface area contributed by atoms with E-state index < -0.39 is 11.5 Å². The van der Waals surface area contributed by atoms with E-state index in [4.69, 9.17) is 0 Å². The Balaban J connectivity index is 1.36. The summed E-state index contributed by atoms with van der Waals surface area (Å²) in [6.07, 6.45) is 24.7. The summed E-state index contributed by atoms with van der Waals surface area (Å²) in [4.78, 5) is 13.0. The third kappa shape index (κ3) is 6.47. The minimum Gasteiger partial charge on any atom is -0.393 e. The maximum absolute atomic E-state index is 13.0. The number of rotatable bonds is 12. The minimum atomic E-state index is -0.634. The van der Waals surface area contributed by atoms with Gasteiger partial charge in [0.1, 0.15) is 5.78 Å². The summed E-state index contributed by atoms with van der Waals surface area (Å²) in [6, 6.07) is 0. The van der Waals surface area contributed by atoms with Crippen LogP contribution in [0.5, 0.6) is 0 Å². The highest BCUT2D eigenvalue weighted by Crippen LogP contribution is 2.60. The lowest BCUT2D eigenvalue weighted by Crippen LogP contribution is -2.35. The molecule has 3 nitrogen and oxygen atoms in total. The van der Waals surface area contributed by atoms with Gasteiger partial charge in [-0.25, -0.2) is 0 Å². The first kappa shape index (κ1) is 29.5. The van der Waals surface area contributed by atoms with Crippen molar-refractivity contribution in [1.29, 1.82) is 0 Å². The second-order valence-electron chi connectivity index (χ2n) is 13.5. The van der Waals surface area contributed by atoms with E-state index in [1.54, 1.807) is 5.57 Å². The number of ketones is 1. The van der Waals surface area contributed by atoms with Crippen LogP contribution in [-0.2, 0) is 4.79 Å². The van der Waals surface area contributed by atoms with Crippen LogP contribution in [0.25, 0.3) is 0 Å². The van der Waals surface area contributed by atoms with Gasteiger partial charge in [0.05, 0.1) is 17.6 Å². The van der Waals surface area contributed by atoms with E-state index in [9.17, 15) is 15.0 Å². The van der Waals surface area contributed by atoms with Gasteiger partial charge in [0.15, 0.2) is 0 Å². The first-order chi connectivity index (χ1) is 18.2. The van der Waals surface area contributed by atoms with Crippen LogP contribution < -0.4 is 0 Å². The fourth-order valence-corrected chi connectivity index (χ4v) is 8.15. The van der Waals surface area contributed by atoms with Gasteiger partial charge in [-0.15, -0.1) is 0 Å². The largest absolute Gasteiger partial charge is 0.393 e. The van der Waals surface area contributed by atoms with Crippen molar-refractivity contribution in [2.75, 3.05) is 0 Å². The molecule has 212 valence electrons. The summed E-state index contributed by atoms with van der Waals surface area (Å²) in [7, 11) is 0. The predicted octanol–water partition coefficient (Wildman–Crippen LogP) is 8.42. The fourth-order valence-electron chi connectivity index (χ4n) is 8.15. The fraction of sp³-hybridized carbons (Fsp3) is 0.743. The number of allylic oxidation sites excluding steroid dienone is 5. The molecule has 6 atom stereocenters. The molecule has 0 aliphatic heterocycles. The molecule has 0 bridgehead atoms. The predicted molar refractivity (Wildman–Crippen MR) is 158 cm³/mol. The molecule has 4 aliphatic carbocycles. The second-order valence-corrected chi connectivity index (χ2v) is 13.5. The zero-order chi connectivity index (χ0) is 27.3. The quantitative estimate of drug-likeness (QED) is 0.200. The van der Waals surface area contributed by atoms with Gasteiger partial charge in [0.2, 0.25) is 0 Å². The van der Waals surface area contributed by atoms with Crippen molar-refractivity contribution in [1.82, 2.24) is 0 Å². The number of hydrogen-bond acceptors (Lipinski definition) is 3. The number of hydrogen-bond donors (Lipinski definition) is 2. The Bertz CT molecular complexity index is 935. The average Bonchev–Trinajstić information content (AvgIpc) is 3.63. The van der Waals surface area contributed by atoms with E-state index >= 15 is 0 Å². The zero-order valence-electron chi connectivity index (χ0n) is 24.5. The molecule has 4 saturated carbocycles. The number of aliphatic hydroxyl groups excluding tert-OH is 2. The summed E-state index contributed by atoms with van der Waals surface area (Å²) in [6.45, 7) is 11.3. The molecule has 2 N–H and O–H groups in total. The van der Waals surface area contributed by atoms with Gasteiger partial charge in [0.25, 0.3) is 0 Å². The molecule has 4 fully saturated rings. The molecule has 38 heavy (non-hydrogen) atoms. The summed E-state index contributed by atoms with van der Waals surface area (Å²) < 4.78 is 0. The van der Waals surface area contributed by atoms with E-state index in [2.05, 4.69) is 45.6 Å². The van der Waals surface area contributed by atoms with Crippen molar-refractivity contribution in [2.24, 2.45) is 28.6 Å². The van der Waals surface area contributed by atoms with Gasteiger partial charge < -0.3 is 10.2 Å². The molecule has 0 radical (unpaired) electrons. The lowest BCUT2D eigenvalue weighted by Gasteiger charge is -2.44. The van der Waals surface area contributed by atoms with Gasteiger partial charge in [-0.1, -0.05) is 88.5 Å². The molecule has 0 aromatic rings. The van der Waals surface area contributed by atoms with Crippen molar-refractivity contribution in [3.8, 4) is 0 Å². The maximum atomic E-state index is 13.0. The molecule has 0 saturated heterocycles. The Labute approximate surface area is 232 Å². The molecule has 0 unspecified atom stereocenters. The SMILES string of the molecule is C=C1CC[C@H](O)CC1=CC=C1CCC[C@]2(C)[C@@H]([C@H](C)C=C[C@H](O)C3(C(=O)CCCCCCC)CC3)CC[C@@H]12. The van der Waals surface area contributed by atoms with Crippen molar-refractivity contribution in [3.05, 3.63) is 47.6 Å². The lowest BCUT2D eigenvalue weighted by molar-refractivity contribution is -0.127. The molecule has 4 rings (SSSR count). The van der Waals surface area contributed by atoms with Gasteiger partial charge >= 0.3 is 0 Å². The van der Waals surface area contributed by atoms with Crippen LogP contribution in [0, 0.1) is 28.6 Å². The molecule has 0 heterocycles. The van der Waals surface area contributed by atoms with Crippen LogP contribution in [0.1, 0.15) is 124 Å². The number of unbranched alkanes of at least 4 members (excludes halogenated alkanes) is 4. The van der Waals surface area contributed by atoms with E-state index in [0.717, 1.165) is 44.9 Å². The van der Waals surface area contributed by atoms with Gasteiger partial charge in [-0.05, 0) is 99.4 Å². The molecular formula is C35H54O3. The molecule has 0 spiro atoms. The smallest absolute Gasteiger partial charge is 0.141 e. The molecule has 0 aromatic carbocycles. The Morgan fingerprint density at radius 1 is 1.05 bits per heavy atom. The van der Waals surface area contributed by atoms with Crippen molar-refractivity contribution >= 4 is 5.78 Å². The number of fused-ring (bicyclic) bond motifs is 1. The molecule has 0 aromatic heterocycles. The van der Waals surface area contributed by atoms with E-state index in [1.165, 1.54) is 62.5 Å². The summed E-state index contributed by atoms with van der Waals surface area (Å²) in [5, 5.41) is 21.2. The third-order valence-electron chi connectivity index (χ3n) is 10.9. The Morgan fingerprint density at radius 3 is 2.55 bits per heavy atom. The molecule has 4 aliphatic rings. The van der Waals surface area contributed by atoms with Crippen LogP contribution in [0.3, 0.4) is 0 Å². The first-order valence-corrected chi connectivity index (χ1v) is 15.9. The normalized spacial score (nSPS) is 34.6. The monoisotopic (exact) mass is 522 g/mol. The van der Waals surface area contributed by atoms with Gasteiger partial charge in [0, 0.05) is 6.42 Å². The number of carbonyl (C=O) groups excluding carboxylic acids is 1. The third-order valence-corrected chi connectivity index (χ3v) is 10.9. The van der Waals surface area contributed by atoms with Crippen LogP contribution in [0.15, 0.2) is 47.6 Å². The highest BCUT2D eigenvalue weighted by Gasteiger charge is 2.54. The molecular weight excluding hydrogens is 468 g/mol. The van der Waals surface area contributed by atoms with Crippen LogP contribution in [0.4, 0.5) is 0 Å². The maximum Gasteiger partial charge on any atom is 0.141 e. The number of carbonyl (C=O) groups is 1. The standard InChI is InChI=1S/C35H54O3/c1-5-6-7-8-9-12-32(37)35(22-23-35)33(38)20-14-26(3)30-18-19-31-27(11-10-21-34(30,31)4)15-16-28-24-29(36)17-13-25(28)2/h14-16,20,26,29-31,33,36,38H,2,5-13,17-19,21-24H2,1,3-4H3/t26-,29+,30-,31+,33+,34-/m1/s1. The summed E-state index contributed by atoms with van der Waals surface area (Å²) in [5.74, 6) is 1.90. The highest BCUT2D eigenvalue weighted by atomic mass is 16.3. The van der Waals surface area contributed by atoms with E-state index in [0.29, 0.717) is 24.2 Å². The van der Waals surface area contributed by atoms with E-state index in [1.807, 2.05) is 6.08 Å². The molecule has 0 amide bonds. The van der Waals surface area contributed by atoms with Crippen molar-refractivity contribution in [2.45, 2.75) is 136 Å². The van der Waals surface area contributed by atoms with Crippen LogP contribution in [-0.4, -0.2) is 28.2 Å². The molecule has 3 heteroatoms. The van der Waals surface area contributed by atoms with E-state index in [-0.39, 0.29) is 17.3 Å². The number of aliphatic hydroxyl groups is 2. The topological polar surface area (TPSA) is 57.5 Å². The Kier molecular flexibility index (Phi) is 9.96. The van der Waals surface area contributed by atoms with Gasteiger partial charge in [-0.2, -0.15) is 0 Å². The zero-order valence-corrected chi connectivity index (χ0v) is 24.5. The van der Waals surface area contributed by atoms with Crippen molar-refractivity contribution in [3.63, 3.8) is 0 Å². The van der Waals surface area contributed by atoms with Crippen molar-refractivity contribution < 1.29 is 15.0 Å². The minimum absolute atomic E-state index is 0.225. The highest BCUT2D eigenvalue weighted by molar-refractivity contribution is 5.88. The summed E-state index contributed by atoms with van der Waals surface area (Å²) >= 11 is 0. The van der Waals surface area contributed by atoms with Crippen LogP contribution >= 0.6 is 0 Å². The Morgan fingerprint density at radius 2 is 1.82 bits per heavy atom. The lowest BCUT2D eigenvalue weighted by atomic mass is 9.61. The summed E-state index contributed by atoms with van der Waals surface area (Å²) in [5.41, 5.74) is 3.79.